The zero-order chi connectivity index (χ0) is 12.3. The van der Waals surface area contributed by atoms with Crippen molar-refractivity contribution in [3.63, 3.8) is 0 Å². The van der Waals surface area contributed by atoms with E-state index in [4.69, 9.17) is 0 Å². The molecule has 0 unspecified atom stereocenters. The minimum Gasteiger partial charge on any atom is -0.385 e. The van der Waals surface area contributed by atoms with Crippen molar-refractivity contribution >= 4 is 5.69 Å². The number of hydrogen-bond acceptors (Lipinski definition) is 1. The van der Waals surface area contributed by atoms with Gasteiger partial charge < -0.3 is 5.32 Å². The summed E-state index contributed by atoms with van der Waals surface area (Å²) in [4.78, 5) is 0. The molecule has 0 aliphatic rings. The molecule has 0 atom stereocenters. The number of unbranched alkanes of at least 4 members (excludes halogenated alkanes) is 3. The highest BCUT2D eigenvalue weighted by Gasteiger charge is 1.93. The van der Waals surface area contributed by atoms with Gasteiger partial charge >= 0.3 is 0 Å². The van der Waals surface area contributed by atoms with Crippen molar-refractivity contribution in [2.45, 2.75) is 45.4 Å². The Morgan fingerprint density at radius 3 is 2.53 bits per heavy atom. The van der Waals surface area contributed by atoms with Crippen LogP contribution in [0.15, 0.2) is 36.9 Å². The SMILES string of the molecule is C=CCCCCCNc1ccc(CCC)cc1. The molecule has 0 aliphatic carbocycles. The lowest BCUT2D eigenvalue weighted by molar-refractivity contribution is 0.709. The molecule has 0 bridgehead atoms. The lowest BCUT2D eigenvalue weighted by Crippen LogP contribution is -2.01. The Hall–Kier alpha value is -1.24. The first-order valence-corrected chi connectivity index (χ1v) is 6.80. The number of rotatable bonds is 9. The highest BCUT2D eigenvalue weighted by molar-refractivity contribution is 5.44. The molecule has 0 heterocycles. The summed E-state index contributed by atoms with van der Waals surface area (Å²) in [6.07, 6.45) is 9.33. The van der Waals surface area contributed by atoms with E-state index in [0.29, 0.717) is 0 Å². The van der Waals surface area contributed by atoms with Gasteiger partial charge in [0.25, 0.3) is 0 Å². The molecule has 0 aromatic heterocycles. The van der Waals surface area contributed by atoms with E-state index in [2.05, 4.69) is 43.1 Å². The van der Waals surface area contributed by atoms with E-state index in [1.165, 1.54) is 43.4 Å². The van der Waals surface area contributed by atoms with Gasteiger partial charge in [0.1, 0.15) is 0 Å². The van der Waals surface area contributed by atoms with E-state index in [9.17, 15) is 0 Å². The van der Waals surface area contributed by atoms with Gasteiger partial charge in [-0.1, -0.05) is 38.0 Å². The Morgan fingerprint density at radius 1 is 1.12 bits per heavy atom. The number of hydrogen-bond donors (Lipinski definition) is 1. The molecule has 0 amide bonds. The zero-order valence-electron chi connectivity index (χ0n) is 11.0. The smallest absolute Gasteiger partial charge is 0.0340 e. The first-order chi connectivity index (χ1) is 8.36. The molecule has 94 valence electrons. The summed E-state index contributed by atoms with van der Waals surface area (Å²) in [6, 6.07) is 8.83. The van der Waals surface area contributed by atoms with Crippen LogP contribution in [0.5, 0.6) is 0 Å². The number of benzene rings is 1. The van der Waals surface area contributed by atoms with Crippen molar-refractivity contribution in [1.29, 1.82) is 0 Å². The first-order valence-electron chi connectivity index (χ1n) is 6.80. The highest BCUT2D eigenvalue weighted by atomic mass is 14.9. The number of aryl methyl sites for hydroxylation is 1. The second-order valence-corrected chi connectivity index (χ2v) is 4.51. The lowest BCUT2D eigenvalue weighted by atomic mass is 10.1. The van der Waals surface area contributed by atoms with E-state index >= 15 is 0 Å². The van der Waals surface area contributed by atoms with Crippen LogP contribution in [0.25, 0.3) is 0 Å². The van der Waals surface area contributed by atoms with E-state index in [-0.39, 0.29) is 0 Å². The summed E-state index contributed by atoms with van der Waals surface area (Å²) in [5, 5.41) is 3.47. The third-order valence-corrected chi connectivity index (χ3v) is 2.91. The van der Waals surface area contributed by atoms with Crippen molar-refractivity contribution in [2.75, 3.05) is 11.9 Å². The maximum Gasteiger partial charge on any atom is 0.0340 e. The van der Waals surface area contributed by atoms with Gasteiger partial charge in [0.2, 0.25) is 0 Å². The third kappa shape index (κ3) is 6.15. The number of anilines is 1. The molecular weight excluding hydrogens is 206 g/mol. The van der Waals surface area contributed by atoms with Gasteiger partial charge in [0, 0.05) is 12.2 Å². The maximum atomic E-state index is 3.73. The van der Waals surface area contributed by atoms with Gasteiger partial charge in [-0.3, -0.25) is 0 Å². The Labute approximate surface area is 106 Å². The largest absolute Gasteiger partial charge is 0.385 e. The molecule has 1 heteroatoms. The molecule has 0 spiro atoms. The van der Waals surface area contributed by atoms with E-state index in [0.717, 1.165) is 13.0 Å². The molecule has 0 fully saturated rings. The minimum absolute atomic E-state index is 1.07. The van der Waals surface area contributed by atoms with Gasteiger partial charge in [-0.05, 0) is 43.4 Å². The average molecular weight is 231 g/mol. The quantitative estimate of drug-likeness (QED) is 0.475. The standard InChI is InChI=1S/C16H25N/c1-3-5-6-7-8-14-17-16-12-10-15(9-4-2)11-13-16/h3,10-13,17H,1,4-9,14H2,2H3. The van der Waals surface area contributed by atoms with Crippen LogP contribution in [0, 0.1) is 0 Å². The molecule has 1 N–H and O–H groups in total. The molecule has 0 aliphatic heterocycles. The van der Waals surface area contributed by atoms with Gasteiger partial charge in [-0.2, -0.15) is 0 Å². The van der Waals surface area contributed by atoms with Gasteiger partial charge in [-0.15, -0.1) is 6.58 Å². The van der Waals surface area contributed by atoms with Crippen LogP contribution in [0.2, 0.25) is 0 Å². The second-order valence-electron chi connectivity index (χ2n) is 4.51. The summed E-state index contributed by atoms with van der Waals surface area (Å²) in [5.41, 5.74) is 2.68. The third-order valence-electron chi connectivity index (χ3n) is 2.91. The molecule has 1 nitrogen and oxygen atoms in total. The summed E-state index contributed by atoms with van der Waals surface area (Å²) >= 11 is 0. The number of allylic oxidation sites excluding steroid dienone is 1. The fourth-order valence-corrected chi connectivity index (χ4v) is 1.90. The Kier molecular flexibility index (Phi) is 7.20. The molecule has 0 saturated carbocycles. The summed E-state index contributed by atoms with van der Waals surface area (Å²) < 4.78 is 0. The normalized spacial score (nSPS) is 10.2. The predicted octanol–water partition coefficient (Wildman–Crippen LogP) is 4.80. The second kappa shape index (κ2) is 8.86. The Balaban J connectivity index is 2.16. The van der Waals surface area contributed by atoms with Crippen molar-refractivity contribution in [3.8, 4) is 0 Å². The van der Waals surface area contributed by atoms with E-state index in [1.807, 2.05) is 6.08 Å². The molecule has 1 aromatic rings. The highest BCUT2D eigenvalue weighted by Crippen LogP contribution is 2.11. The number of nitrogens with one attached hydrogen (secondary N) is 1. The van der Waals surface area contributed by atoms with Crippen LogP contribution in [0.1, 0.15) is 44.6 Å². The average Bonchev–Trinajstić information content (AvgIpc) is 2.36. The summed E-state index contributed by atoms with van der Waals surface area (Å²) in [6.45, 7) is 7.03. The van der Waals surface area contributed by atoms with Crippen LogP contribution in [0.4, 0.5) is 5.69 Å². The molecule has 17 heavy (non-hydrogen) atoms. The van der Waals surface area contributed by atoms with Gasteiger partial charge in [0.15, 0.2) is 0 Å². The van der Waals surface area contributed by atoms with Crippen LogP contribution in [0.3, 0.4) is 0 Å². The van der Waals surface area contributed by atoms with Crippen molar-refractivity contribution in [1.82, 2.24) is 0 Å². The maximum absolute atomic E-state index is 3.73. The van der Waals surface area contributed by atoms with Crippen molar-refractivity contribution in [2.24, 2.45) is 0 Å². The van der Waals surface area contributed by atoms with Crippen LogP contribution in [-0.4, -0.2) is 6.54 Å². The summed E-state index contributed by atoms with van der Waals surface area (Å²) in [5.74, 6) is 0. The Morgan fingerprint density at radius 2 is 1.88 bits per heavy atom. The fourth-order valence-electron chi connectivity index (χ4n) is 1.90. The van der Waals surface area contributed by atoms with Gasteiger partial charge in [-0.25, -0.2) is 0 Å². The Bertz CT molecular complexity index is 300. The minimum atomic E-state index is 1.07. The predicted molar refractivity (Wildman–Crippen MR) is 77.6 cm³/mol. The molecular formula is C16H25N. The van der Waals surface area contributed by atoms with Crippen LogP contribution in [-0.2, 0) is 6.42 Å². The monoisotopic (exact) mass is 231 g/mol. The zero-order valence-corrected chi connectivity index (χ0v) is 11.0. The van der Waals surface area contributed by atoms with E-state index in [1.54, 1.807) is 0 Å². The molecule has 0 saturated heterocycles. The van der Waals surface area contributed by atoms with E-state index < -0.39 is 0 Å². The topological polar surface area (TPSA) is 12.0 Å². The van der Waals surface area contributed by atoms with Gasteiger partial charge in [0.05, 0.1) is 0 Å². The summed E-state index contributed by atoms with van der Waals surface area (Å²) in [7, 11) is 0. The van der Waals surface area contributed by atoms with Crippen molar-refractivity contribution in [3.05, 3.63) is 42.5 Å². The molecule has 1 aromatic carbocycles. The van der Waals surface area contributed by atoms with Crippen LogP contribution < -0.4 is 5.32 Å². The fraction of sp³-hybridized carbons (Fsp3) is 0.500. The molecule has 0 radical (unpaired) electrons. The van der Waals surface area contributed by atoms with Crippen LogP contribution >= 0.6 is 0 Å². The first kappa shape index (κ1) is 13.8. The van der Waals surface area contributed by atoms with Crippen molar-refractivity contribution < 1.29 is 0 Å². The lowest BCUT2D eigenvalue weighted by Gasteiger charge is -2.07. The molecule has 1 rings (SSSR count).